The van der Waals surface area contributed by atoms with E-state index in [2.05, 4.69) is 10.6 Å². The van der Waals surface area contributed by atoms with Crippen molar-refractivity contribution in [3.05, 3.63) is 35.4 Å². The smallest absolute Gasteiger partial charge is 0.326 e. The molecule has 1 aromatic rings. The van der Waals surface area contributed by atoms with E-state index in [4.69, 9.17) is 0 Å². The second-order valence-electron chi connectivity index (χ2n) is 6.71. The first-order valence-electron chi connectivity index (χ1n) is 8.90. The van der Waals surface area contributed by atoms with Gasteiger partial charge in [0.05, 0.1) is 5.92 Å². The maximum Gasteiger partial charge on any atom is 0.326 e. The molecule has 1 heterocycles. The SMILES string of the molecule is CC(=O)NCCN(C(=O)c1ccc(CC2CC(=O)NC2=O)cc1)C(C)C(=O)O. The molecular formula is C19H23N3O6. The van der Waals surface area contributed by atoms with E-state index in [-0.39, 0.29) is 37.2 Å². The molecule has 150 valence electrons. The van der Waals surface area contributed by atoms with Crippen LogP contribution in [0.5, 0.6) is 0 Å². The van der Waals surface area contributed by atoms with Gasteiger partial charge in [-0.15, -0.1) is 0 Å². The third-order valence-corrected chi connectivity index (χ3v) is 4.56. The molecule has 0 aliphatic carbocycles. The monoisotopic (exact) mass is 389 g/mol. The summed E-state index contributed by atoms with van der Waals surface area (Å²) >= 11 is 0. The Morgan fingerprint density at radius 3 is 2.39 bits per heavy atom. The lowest BCUT2D eigenvalue weighted by Crippen LogP contribution is -2.46. The zero-order chi connectivity index (χ0) is 20.8. The highest BCUT2D eigenvalue weighted by molar-refractivity contribution is 6.03. The lowest BCUT2D eigenvalue weighted by atomic mass is 9.97. The van der Waals surface area contributed by atoms with Crippen LogP contribution in [0.2, 0.25) is 0 Å². The average Bonchev–Trinajstić information content (AvgIpc) is 2.95. The van der Waals surface area contributed by atoms with Gasteiger partial charge in [-0.05, 0) is 31.0 Å². The molecule has 2 unspecified atom stereocenters. The molecule has 4 amide bonds. The van der Waals surface area contributed by atoms with Crippen LogP contribution in [0.15, 0.2) is 24.3 Å². The molecule has 2 rings (SSSR count). The summed E-state index contributed by atoms with van der Waals surface area (Å²) in [6.45, 7) is 2.93. The predicted octanol–water partition coefficient (Wildman–Crippen LogP) is -0.0568. The number of carbonyl (C=O) groups excluding carboxylic acids is 4. The standard InChI is InChI=1S/C19H23N3O6/c1-11(19(27)28)22(8-7-20-12(2)23)18(26)14-5-3-13(4-6-14)9-15-10-16(24)21-17(15)25/h3-6,11,15H,7-10H2,1-2H3,(H,20,23)(H,27,28)(H,21,24,25). The van der Waals surface area contributed by atoms with E-state index in [0.29, 0.717) is 12.0 Å². The zero-order valence-electron chi connectivity index (χ0n) is 15.7. The molecule has 9 heteroatoms. The molecule has 0 radical (unpaired) electrons. The number of carboxylic acids is 1. The van der Waals surface area contributed by atoms with Gasteiger partial charge in [-0.1, -0.05) is 12.1 Å². The number of carbonyl (C=O) groups is 5. The number of hydrogen-bond acceptors (Lipinski definition) is 5. The van der Waals surface area contributed by atoms with Gasteiger partial charge in [0.25, 0.3) is 5.91 Å². The van der Waals surface area contributed by atoms with Crippen LogP contribution in [0.3, 0.4) is 0 Å². The Balaban J connectivity index is 2.08. The molecule has 0 aromatic heterocycles. The van der Waals surface area contributed by atoms with Crippen LogP contribution in [0.1, 0.15) is 36.2 Å². The van der Waals surface area contributed by atoms with Crippen molar-refractivity contribution < 1.29 is 29.1 Å². The minimum absolute atomic E-state index is 0.0536. The quantitative estimate of drug-likeness (QED) is 0.534. The van der Waals surface area contributed by atoms with Crippen molar-refractivity contribution in [1.82, 2.24) is 15.5 Å². The largest absolute Gasteiger partial charge is 0.480 e. The summed E-state index contributed by atoms with van der Waals surface area (Å²) in [5.41, 5.74) is 1.09. The van der Waals surface area contributed by atoms with Crippen molar-refractivity contribution in [3.8, 4) is 0 Å². The lowest BCUT2D eigenvalue weighted by Gasteiger charge is -2.26. The Morgan fingerprint density at radius 1 is 1.25 bits per heavy atom. The zero-order valence-corrected chi connectivity index (χ0v) is 15.7. The molecular weight excluding hydrogens is 366 g/mol. The van der Waals surface area contributed by atoms with Crippen molar-refractivity contribution >= 4 is 29.6 Å². The van der Waals surface area contributed by atoms with Gasteiger partial charge < -0.3 is 15.3 Å². The van der Waals surface area contributed by atoms with Crippen LogP contribution in [0.25, 0.3) is 0 Å². The summed E-state index contributed by atoms with van der Waals surface area (Å²) in [7, 11) is 0. The van der Waals surface area contributed by atoms with E-state index in [0.717, 1.165) is 5.56 Å². The fraction of sp³-hybridized carbons (Fsp3) is 0.421. The first kappa shape index (κ1) is 21.1. The minimum Gasteiger partial charge on any atom is -0.480 e. The molecule has 0 bridgehead atoms. The summed E-state index contributed by atoms with van der Waals surface area (Å²) in [5, 5.41) is 14.1. The normalized spacial score (nSPS) is 17.0. The van der Waals surface area contributed by atoms with Crippen LogP contribution >= 0.6 is 0 Å². The second-order valence-corrected chi connectivity index (χ2v) is 6.71. The number of rotatable bonds is 8. The van der Waals surface area contributed by atoms with Gasteiger partial charge >= 0.3 is 5.97 Å². The molecule has 1 aliphatic heterocycles. The van der Waals surface area contributed by atoms with Crippen molar-refractivity contribution in [2.24, 2.45) is 5.92 Å². The second kappa shape index (κ2) is 9.12. The van der Waals surface area contributed by atoms with E-state index in [1.165, 1.54) is 18.7 Å². The Labute approximate surface area is 162 Å². The molecule has 1 aromatic carbocycles. The van der Waals surface area contributed by atoms with Gasteiger partial charge in [-0.25, -0.2) is 4.79 Å². The first-order valence-corrected chi connectivity index (χ1v) is 8.90. The van der Waals surface area contributed by atoms with E-state index in [9.17, 15) is 29.1 Å². The van der Waals surface area contributed by atoms with Gasteiger partial charge in [0, 0.05) is 32.0 Å². The first-order chi connectivity index (χ1) is 13.2. The van der Waals surface area contributed by atoms with Gasteiger partial charge in [0.2, 0.25) is 17.7 Å². The molecule has 1 fully saturated rings. The molecule has 2 atom stereocenters. The molecule has 3 N–H and O–H groups in total. The number of benzene rings is 1. The topological polar surface area (TPSA) is 133 Å². The maximum atomic E-state index is 12.8. The van der Waals surface area contributed by atoms with Crippen LogP contribution < -0.4 is 10.6 Å². The number of imide groups is 1. The predicted molar refractivity (Wildman–Crippen MR) is 98.2 cm³/mol. The highest BCUT2D eigenvalue weighted by Crippen LogP contribution is 2.18. The third kappa shape index (κ3) is 5.38. The number of amides is 4. The van der Waals surface area contributed by atoms with E-state index < -0.39 is 23.8 Å². The number of nitrogens with zero attached hydrogens (tertiary/aromatic N) is 1. The lowest BCUT2D eigenvalue weighted by molar-refractivity contribution is -0.141. The van der Waals surface area contributed by atoms with Crippen molar-refractivity contribution in [2.75, 3.05) is 13.1 Å². The molecule has 28 heavy (non-hydrogen) atoms. The summed E-state index contributed by atoms with van der Waals surface area (Å²) in [6, 6.07) is 5.43. The van der Waals surface area contributed by atoms with E-state index in [1.807, 2.05) is 0 Å². The van der Waals surface area contributed by atoms with Gasteiger partial charge in [0.15, 0.2) is 0 Å². The fourth-order valence-corrected chi connectivity index (χ4v) is 2.96. The third-order valence-electron chi connectivity index (χ3n) is 4.56. The minimum atomic E-state index is -1.15. The van der Waals surface area contributed by atoms with Gasteiger partial charge in [0.1, 0.15) is 6.04 Å². The summed E-state index contributed by atoms with van der Waals surface area (Å²) < 4.78 is 0. The fourth-order valence-electron chi connectivity index (χ4n) is 2.96. The molecule has 1 aliphatic rings. The van der Waals surface area contributed by atoms with Crippen LogP contribution in [0, 0.1) is 5.92 Å². The van der Waals surface area contributed by atoms with Crippen LogP contribution in [-0.2, 0) is 25.6 Å². The molecule has 0 saturated carbocycles. The highest BCUT2D eigenvalue weighted by Gasteiger charge is 2.30. The van der Waals surface area contributed by atoms with E-state index in [1.54, 1.807) is 24.3 Å². The molecule has 1 saturated heterocycles. The molecule has 0 spiro atoms. The highest BCUT2D eigenvalue weighted by atomic mass is 16.4. The van der Waals surface area contributed by atoms with Gasteiger partial charge in [-0.3, -0.25) is 24.5 Å². The van der Waals surface area contributed by atoms with Crippen LogP contribution in [-0.4, -0.2) is 58.7 Å². The maximum absolute atomic E-state index is 12.8. The Kier molecular flexibility index (Phi) is 6.86. The Bertz CT molecular complexity index is 789. The average molecular weight is 389 g/mol. The van der Waals surface area contributed by atoms with Crippen molar-refractivity contribution in [1.29, 1.82) is 0 Å². The van der Waals surface area contributed by atoms with Crippen molar-refractivity contribution in [2.45, 2.75) is 32.7 Å². The summed E-state index contributed by atoms with van der Waals surface area (Å²) in [4.78, 5) is 59.2. The number of carboxylic acid groups (broad SMARTS) is 1. The number of nitrogens with one attached hydrogen (secondary N) is 2. The van der Waals surface area contributed by atoms with Crippen molar-refractivity contribution in [3.63, 3.8) is 0 Å². The molecule has 9 nitrogen and oxygen atoms in total. The summed E-state index contributed by atoms with van der Waals surface area (Å²) in [5.74, 6) is -2.90. The Hall–Kier alpha value is -3.23. The number of aliphatic carboxylic acids is 1. The van der Waals surface area contributed by atoms with Gasteiger partial charge in [-0.2, -0.15) is 0 Å². The number of hydrogen-bond donors (Lipinski definition) is 3. The Morgan fingerprint density at radius 2 is 1.89 bits per heavy atom. The summed E-state index contributed by atoms with van der Waals surface area (Å²) in [6.07, 6.45) is 0.524. The van der Waals surface area contributed by atoms with E-state index >= 15 is 0 Å². The van der Waals surface area contributed by atoms with Crippen LogP contribution in [0.4, 0.5) is 0 Å².